The number of carbonyl (C=O) groups is 2. The van der Waals surface area contributed by atoms with Crippen LogP contribution in [0.25, 0.3) is 0 Å². The van der Waals surface area contributed by atoms with Crippen molar-refractivity contribution >= 4 is 35.0 Å². The summed E-state index contributed by atoms with van der Waals surface area (Å²) in [6.45, 7) is 2.07. The van der Waals surface area contributed by atoms with E-state index in [2.05, 4.69) is 5.32 Å². The van der Waals surface area contributed by atoms with Gasteiger partial charge < -0.3 is 10.2 Å². The standard InChI is InChI=1S/C19H20Cl2N2O2/c1-13(19(25)22-2)23(12-14-6-4-3-5-7-14)18(24)11-15-8-9-16(20)17(21)10-15/h3-10,13H,11-12H2,1-2H3,(H,22,25)/t13-/m1/s1. The van der Waals surface area contributed by atoms with Gasteiger partial charge >= 0.3 is 0 Å². The monoisotopic (exact) mass is 378 g/mol. The van der Waals surface area contributed by atoms with Gasteiger partial charge in [-0.1, -0.05) is 59.6 Å². The van der Waals surface area contributed by atoms with Gasteiger partial charge in [0, 0.05) is 13.6 Å². The molecule has 4 nitrogen and oxygen atoms in total. The molecule has 0 aromatic heterocycles. The predicted molar refractivity (Wildman–Crippen MR) is 101 cm³/mol. The first-order valence-electron chi connectivity index (χ1n) is 7.91. The molecule has 0 saturated carbocycles. The molecule has 1 atom stereocenters. The second-order valence-electron chi connectivity index (χ2n) is 5.72. The Hall–Kier alpha value is -2.04. The number of amides is 2. The number of rotatable bonds is 6. The van der Waals surface area contributed by atoms with E-state index >= 15 is 0 Å². The third-order valence-corrected chi connectivity index (χ3v) is 4.69. The van der Waals surface area contributed by atoms with Gasteiger partial charge in [0.1, 0.15) is 6.04 Å². The second kappa shape index (κ2) is 8.88. The molecule has 0 bridgehead atoms. The highest BCUT2D eigenvalue weighted by atomic mass is 35.5. The highest BCUT2D eigenvalue weighted by Crippen LogP contribution is 2.23. The molecule has 0 aliphatic carbocycles. The number of carbonyl (C=O) groups excluding carboxylic acids is 2. The van der Waals surface area contributed by atoms with E-state index in [1.54, 1.807) is 37.1 Å². The van der Waals surface area contributed by atoms with Gasteiger partial charge in [-0.3, -0.25) is 9.59 Å². The third-order valence-electron chi connectivity index (χ3n) is 3.95. The maximum atomic E-state index is 12.8. The SMILES string of the molecule is CNC(=O)[C@@H](C)N(Cc1ccccc1)C(=O)Cc1ccc(Cl)c(Cl)c1. The van der Waals surface area contributed by atoms with Crippen LogP contribution in [-0.4, -0.2) is 29.8 Å². The third kappa shape index (κ3) is 5.21. The Labute approximate surface area is 157 Å². The van der Waals surface area contributed by atoms with Crippen LogP contribution in [0.4, 0.5) is 0 Å². The van der Waals surface area contributed by atoms with E-state index in [0.717, 1.165) is 11.1 Å². The number of benzene rings is 2. The Kier molecular flexibility index (Phi) is 6.85. The zero-order chi connectivity index (χ0) is 18.4. The van der Waals surface area contributed by atoms with E-state index < -0.39 is 6.04 Å². The summed E-state index contributed by atoms with van der Waals surface area (Å²) in [5, 5.41) is 3.44. The van der Waals surface area contributed by atoms with Crippen LogP contribution in [-0.2, 0) is 22.6 Å². The number of likely N-dealkylation sites (N-methyl/N-ethyl adjacent to an activating group) is 1. The van der Waals surface area contributed by atoms with Crippen molar-refractivity contribution < 1.29 is 9.59 Å². The van der Waals surface area contributed by atoms with Crippen LogP contribution >= 0.6 is 23.2 Å². The maximum absolute atomic E-state index is 12.8. The molecule has 0 spiro atoms. The molecule has 0 aliphatic heterocycles. The van der Waals surface area contributed by atoms with Gasteiger partial charge in [0.05, 0.1) is 16.5 Å². The summed E-state index contributed by atoms with van der Waals surface area (Å²) < 4.78 is 0. The Balaban J connectivity index is 2.22. The van der Waals surface area contributed by atoms with E-state index in [1.165, 1.54) is 0 Å². The molecular formula is C19H20Cl2N2O2. The van der Waals surface area contributed by atoms with E-state index in [1.807, 2.05) is 30.3 Å². The molecule has 0 aliphatic rings. The summed E-state index contributed by atoms with van der Waals surface area (Å²) >= 11 is 11.9. The molecule has 0 radical (unpaired) electrons. The van der Waals surface area contributed by atoms with Gasteiger partial charge in [0.15, 0.2) is 0 Å². The van der Waals surface area contributed by atoms with Crippen molar-refractivity contribution in [2.75, 3.05) is 7.05 Å². The lowest BCUT2D eigenvalue weighted by Crippen LogP contribution is -2.47. The minimum absolute atomic E-state index is 0.144. The number of hydrogen-bond donors (Lipinski definition) is 1. The van der Waals surface area contributed by atoms with Crippen molar-refractivity contribution in [3.05, 3.63) is 69.7 Å². The minimum Gasteiger partial charge on any atom is -0.357 e. The van der Waals surface area contributed by atoms with Crippen LogP contribution in [0.3, 0.4) is 0 Å². The van der Waals surface area contributed by atoms with Crippen LogP contribution in [0.1, 0.15) is 18.1 Å². The molecule has 6 heteroatoms. The number of halogens is 2. The molecule has 132 valence electrons. The highest BCUT2D eigenvalue weighted by molar-refractivity contribution is 6.42. The summed E-state index contributed by atoms with van der Waals surface area (Å²) in [5.74, 6) is -0.364. The molecule has 2 aromatic rings. The Bertz CT molecular complexity index is 750. The zero-order valence-corrected chi connectivity index (χ0v) is 15.6. The fraction of sp³-hybridized carbons (Fsp3) is 0.263. The van der Waals surface area contributed by atoms with Crippen LogP contribution in [0.2, 0.25) is 10.0 Å². The topological polar surface area (TPSA) is 49.4 Å². The van der Waals surface area contributed by atoms with Crippen LogP contribution in [0, 0.1) is 0 Å². The average Bonchev–Trinajstić information content (AvgIpc) is 2.62. The molecule has 25 heavy (non-hydrogen) atoms. The van der Waals surface area contributed by atoms with Gasteiger partial charge in [-0.05, 0) is 30.2 Å². The van der Waals surface area contributed by atoms with Crippen LogP contribution in [0.5, 0.6) is 0 Å². The van der Waals surface area contributed by atoms with E-state index in [4.69, 9.17) is 23.2 Å². The largest absolute Gasteiger partial charge is 0.357 e. The van der Waals surface area contributed by atoms with Gasteiger partial charge in [-0.2, -0.15) is 0 Å². The molecule has 0 saturated heterocycles. The molecule has 0 unspecified atom stereocenters. The Morgan fingerprint density at radius 3 is 2.32 bits per heavy atom. The van der Waals surface area contributed by atoms with Crippen LogP contribution < -0.4 is 5.32 Å². The summed E-state index contributed by atoms with van der Waals surface area (Å²) in [6, 6.07) is 14.1. The van der Waals surface area contributed by atoms with Gasteiger partial charge in [0.25, 0.3) is 0 Å². The molecule has 2 aromatic carbocycles. The van der Waals surface area contributed by atoms with Gasteiger partial charge in [0.2, 0.25) is 11.8 Å². The zero-order valence-electron chi connectivity index (χ0n) is 14.1. The normalized spacial score (nSPS) is 11.7. The number of nitrogens with one attached hydrogen (secondary N) is 1. The Morgan fingerprint density at radius 2 is 1.72 bits per heavy atom. The fourth-order valence-electron chi connectivity index (χ4n) is 2.50. The van der Waals surface area contributed by atoms with Crippen molar-refractivity contribution in [2.45, 2.75) is 25.9 Å². The van der Waals surface area contributed by atoms with Crippen molar-refractivity contribution in [3.63, 3.8) is 0 Å². The lowest BCUT2D eigenvalue weighted by molar-refractivity contribution is -0.139. The van der Waals surface area contributed by atoms with Gasteiger partial charge in [-0.15, -0.1) is 0 Å². The first kappa shape index (κ1) is 19.3. The summed E-state index contributed by atoms with van der Waals surface area (Å²) in [6.07, 6.45) is 0.144. The molecule has 2 amide bonds. The first-order chi connectivity index (χ1) is 11.9. The van der Waals surface area contributed by atoms with Crippen molar-refractivity contribution in [1.82, 2.24) is 10.2 Å². The van der Waals surface area contributed by atoms with E-state index in [0.29, 0.717) is 16.6 Å². The minimum atomic E-state index is -0.583. The second-order valence-corrected chi connectivity index (χ2v) is 6.54. The molecule has 2 rings (SSSR count). The van der Waals surface area contributed by atoms with Crippen molar-refractivity contribution in [2.24, 2.45) is 0 Å². The number of nitrogens with zero attached hydrogens (tertiary/aromatic N) is 1. The van der Waals surface area contributed by atoms with Crippen molar-refractivity contribution in [3.8, 4) is 0 Å². The summed E-state index contributed by atoms with van der Waals surface area (Å²) in [5.41, 5.74) is 1.71. The van der Waals surface area contributed by atoms with Crippen LogP contribution in [0.15, 0.2) is 48.5 Å². The first-order valence-corrected chi connectivity index (χ1v) is 8.67. The van der Waals surface area contributed by atoms with Crippen molar-refractivity contribution in [1.29, 1.82) is 0 Å². The predicted octanol–water partition coefficient (Wildman–Crippen LogP) is 3.70. The molecule has 1 N–H and O–H groups in total. The lowest BCUT2D eigenvalue weighted by atomic mass is 10.1. The summed E-state index contributed by atoms with van der Waals surface area (Å²) in [4.78, 5) is 26.5. The summed E-state index contributed by atoms with van der Waals surface area (Å²) in [7, 11) is 1.56. The van der Waals surface area contributed by atoms with Gasteiger partial charge in [-0.25, -0.2) is 0 Å². The van der Waals surface area contributed by atoms with E-state index in [9.17, 15) is 9.59 Å². The Morgan fingerprint density at radius 1 is 1.04 bits per heavy atom. The molecule has 0 fully saturated rings. The molecule has 0 heterocycles. The quantitative estimate of drug-likeness (QED) is 0.832. The lowest BCUT2D eigenvalue weighted by Gasteiger charge is -2.28. The molecular weight excluding hydrogens is 359 g/mol. The fourth-order valence-corrected chi connectivity index (χ4v) is 2.82. The van der Waals surface area contributed by atoms with E-state index in [-0.39, 0.29) is 18.2 Å². The average molecular weight is 379 g/mol. The maximum Gasteiger partial charge on any atom is 0.242 e. The number of hydrogen-bond acceptors (Lipinski definition) is 2. The smallest absolute Gasteiger partial charge is 0.242 e. The highest BCUT2D eigenvalue weighted by Gasteiger charge is 2.25.